The number of halogens is 2. The molecule has 5 rings (SSSR count). The van der Waals surface area contributed by atoms with Crippen LogP contribution < -0.4 is 10.6 Å². The van der Waals surface area contributed by atoms with Gasteiger partial charge in [0.1, 0.15) is 6.04 Å². The average Bonchev–Trinajstić information content (AvgIpc) is 3.40. The number of sulfonamides is 1. The van der Waals surface area contributed by atoms with Gasteiger partial charge in [-0.1, -0.05) is 41.4 Å². The van der Waals surface area contributed by atoms with E-state index in [1.165, 1.54) is 42.2 Å². The Bertz CT molecular complexity index is 1330. The second-order valence-electron chi connectivity index (χ2n) is 10.2. The van der Waals surface area contributed by atoms with Crippen LogP contribution in [-0.2, 0) is 32.6 Å². The normalized spacial score (nSPS) is 22.6. The highest BCUT2D eigenvalue weighted by Crippen LogP contribution is 2.32. The molecule has 1 aliphatic carbocycles. The Morgan fingerprint density at radius 1 is 1.03 bits per heavy atom. The van der Waals surface area contributed by atoms with E-state index < -0.39 is 22.0 Å². The van der Waals surface area contributed by atoms with Crippen molar-refractivity contribution in [1.29, 1.82) is 0 Å². The number of carbonyl (C=O) groups excluding carboxylic acids is 2. The van der Waals surface area contributed by atoms with Crippen LogP contribution in [0.4, 0.5) is 0 Å². The zero-order chi connectivity index (χ0) is 26.9. The number of hydrogen-bond donors (Lipinski definition) is 2. The molecule has 2 aromatic carbocycles. The van der Waals surface area contributed by atoms with Crippen molar-refractivity contribution in [3.8, 4) is 0 Å². The lowest BCUT2D eigenvalue weighted by atomic mass is 9.86. The highest BCUT2D eigenvalue weighted by Gasteiger charge is 2.40. The predicted molar refractivity (Wildman–Crippen MR) is 147 cm³/mol. The molecule has 0 spiro atoms. The maximum absolute atomic E-state index is 13.4. The molecule has 2 aliphatic heterocycles. The number of piperazine rings is 1. The summed E-state index contributed by atoms with van der Waals surface area (Å²) in [6.45, 7) is 3.44. The molecule has 8 nitrogen and oxygen atoms in total. The molecule has 204 valence electrons. The Morgan fingerprint density at radius 3 is 2.58 bits per heavy atom. The maximum Gasteiger partial charge on any atom is 0.243 e. The fraction of sp³-hybridized carbons (Fsp3) is 0.481. The lowest BCUT2D eigenvalue weighted by Gasteiger charge is -2.34. The quantitative estimate of drug-likeness (QED) is 0.522. The van der Waals surface area contributed by atoms with Crippen LogP contribution in [0.3, 0.4) is 0 Å². The monoisotopic (exact) mass is 578 g/mol. The molecule has 11 heteroatoms. The molecule has 2 fully saturated rings. The summed E-state index contributed by atoms with van der Waals surface area (Å²) in [6.07, 6.45) is 4.95. The van der Waals surface area contributed by atoms with Gasteiger partial charge in [-0.3, -0.25) is 14.5 Å². The molecule has 0 bridgehead atoms. The van der Waals surface area contributed by atoms with Gasteiger partial charge in [-0.05, 0) is 80.1 Å². The van der Waals surface area contributed by atoms with E-state index in [1.807, 2.05) is 0 Å². The Kier molecular flexibility index (Phi) is 8.30. The van der Waals surface area contributed by atoms with Gasteiger partial charge in [-0.2, -0.15) is 4.31 Å². The largest absolute Gasteiger partial charge is 0.353 e. The molecule has 2 N–H and O–H groups in total. The number of amides is 2. The number of fused-ring (bicyclic) bond motifs is 1. The summed E-state index contributed by atoms with van der Waals surface area (Å²) in [6, 6.07) is 9.20. The molecule has 2 amide bonds. The zero-order valence-corrected chi connectivity index (χ0v) is 23.4. The number of carbonyl (C=O) groups is 2. The molecule has 0 unspecified atom stereocenters. The summed E-state index contributed by atoms with van der Waals surface area (Å²) in [5, 5.41) is 6.10. The first kappa shape index (κ1) is 27.4. The lowest BCUT2D eigenvalue weighted by molar-refractivity contribution is -0.132. The van der Waals surface area contributed by atoms with E-state index >= 15 is 0 Å². The standard InChI is InChI=1S/C27H32Cl2N4O4S/c28-22-9-7-20(15-23(22)29)38(36,37)33-13-10-30-27(35)25(33)16-26(34)31-24-5-3-4-19-14-18(6-8-21(19)24)17-32-11-1-2-12-32/h6-9,14-15,24-25H,1-5,10-13,16-17H2,(H,30,35)(H,31,34)/t24-,25-/m1/s1. The molecule has 38 heavy (non-hydrogen) atoms. The topological polar surface area (TPSA) is 98.8 Å². The van der Waals surface area contributed by atoms with Crippen molar-refractivity contribution in [3.05, 3.63) is 63.1 Å². The number of nitrogens with zero attached hydrogens (tertiary/aromatic N) is 2. The second kappa shape index (κ2) is 11.5. The van der Waals surface area contributed by atoms with Crippen molar-refractivity contribution in [1.82, 2.24) is 19.8 Å². The van der Waals surface area contributed by atoms with Gasteiger partial charge in [0.15, 0.2) is 0 Å². The minimum atomic E-state index is -4.08. The van der Waals surface area contributed by atoms with Crippen LogP contribution in [0.25, 0.3) is 0 Å². The van der Waals surface area contributed by atoms with Crippen LogP contribution in [0.15, 0.2) is 41.3 Å². The average molecular weight is 580 g/mol. The molecule has 0 radical (unpaired) electrons. The fourth-order valence-corrected chi connectivity index (χ4v) is 7.67. The van der Waals surface area contributed by atoms with Gasteiger partial charge >= 0.3 is 0 Å². The van der Waals surface area contributed by atoms with E-state index in [0.717, 1.165) is 48.8 Å². The van der Waals surface area contributed by atoms with Crippen LogP contribution in [0.1, 0.15) is 54.8 Å². The Labute approximate surface area is 233 Å². The third-order valence-corrected chi connectivity index (χ3v) is 10.3. The molecular formula is C27H32Cl2N4O4S. The molecule has 0 saturated carbocycles. The van der Waals surface area contributed by atoms with Crippen molar-refractivity contribution >= 4 is 45.0 Å². The summed E-state index contributed by atoms with van der Waals surface area (Å²) in [5.74, 6) is -0.856. The summed E-state index contributed by atoms with van der Waals surface area (Å²) in [5.41, 5.74) is 3.64. The van der Waals surface area contributed by atoms with Gasteiger partial charge in [-0.15, -0.1) is 0 Å². The van der Waals surface area contributed by atoms with Gasteiger partial charge in [0.05, 0.1) is 27.4 Å². The van der Waals surface area contributed by atoms with E-state index in [9.17, 15) is 18.0 Å². The molecule has 2 saturated heterocycles. The molecule has 2 heterocycles. The number of aryl methyl sites for hydroxylation is 1. The second-order valence-corrected chi connectivity index (χ2v) is 12.9. The van der Waals surface area contributed by atoms with Crippen molar-refractivity contribution in [3.63, 3.8) is 0 Å². The van der Waals surface area contributed by atoms with E-state index in [-0.39, 0.29) is 46.4 Å². The van der Waals surface area contributed by atoms with Crippen LogP contribution in [-0.4, -0.2) is 61.7 Å². The number of hydrogen-bond acceptors (Lipinski definition) is 5. The number of rotatable bonds is 7. The van der Waals surface area contributed by atoms with Crippen LogP contribution in [0.5, 0.6) is 0 Å². The Hall–Kier alpha value is -2.17. The highest BCUT2D eigenvalue weighted by atomic mass is 35.5. The molecular weight excluding hydrogens is 547 g/mol. The summed E-state index contributed by atoms with van der Waals surface area (Å²) in [7, 11) is -4.08. The Balaban J connectivity index is 1.29. The molecule has 3 aliphatic rings. The minimum Gasteiger partial charge on any atom is -0.353 e. The molecule has 0 aromatic heterocycles. The maximum atomic E-state index is 13.4. The van der Waals surface area contributed by atoms with Crippen molar-refractivity contribution in [2.24, 2.45) is 0 Å². The SMILES string of the molecule is O=C(C[C@@H]1C(=O)NCCN1S(=O)(=O)c1ccc(Cl)c(Cl)c1)N[C@@H]1CCCc2cc(CN3CCCC3)ccc21. The van der Waals surface area contributed by atoms with Crippen LogP contribution in [0, 0.1) is 0 Å². The van der Waals surface area contributed by atoms with Gasteiger partial charge in [0, 0.05) is 19.6 Å². The third kappa shape index (κ3) is 5.87. The lowest BCUT2D eigenvalue weighted by Crippen LogP contribution is -2.58. The van der Waals surface area contributed by atoms with E-state index in [1.54, 1.807) is 0 Å². The summed E-state index contributed by atoms with van der Waals surface area (Å²) < 4.78 is 27.9. The van der Waals surface area contributed by atoms with Gasteiger partial charge in [0.25, 0.3) is 0 Å². The first-order valence-electron chi connectivity index (χ1n) is 13.1. The van der Waals surface area contributed by atoms with E-state index in [2.05, 4.69) is 33.7 Å². The molecule has 2 aromatic rings. The Morgan fingerprint density at radius 2 is 1.82 bits per heavy atom. The van der Waals surface area contributed by atoms with E-state index in [0.29, 0.717) is 0 Å². The summed E-state index contributed by atoms with van der Waals surface area (Å²) >= 11 is 12.0. The first-order chi connectivity index (χ1) is 18.2. The van der Waals surface area contributed by atoms with Gasteiger partial charge in [0.2, 0.25) is 21.8 Å². The number of nitrogens with one attached hydrogen (secondary N) is 2. The predicted octanol–water partition coefficient (Wildman–Crippen LogP) is 3.66. The van der Waals surface area contributed by atoms with Gasteiger partial charge < -0.3 is 10.6 Å². The van der Waals surface area contributed by atoms with Crippen molar-refractivity contribution in [2.75, 3.05) is 26.2 Å². The zero-order valence-electron chi connectivity index (χ0n) is 21.1. The highest BCUT2D eigenvalue weighted by molar-refractivity contribution is 7.89. The van der Waals surface area contributed by atoms with Crippen molar-refractivity contribution in [2.45, 2.75) is 62.0 Å². The summed E-state index contributed by atoms with van der Waals surface area (Å²) in [4.78, 5) is 28.3. The smallest absolute Gasteiger partial charge is 0.243 e. The van der Waals surface area contributed by atoms with Gasteiger partial charge in [-0.25, -0.2) is 8.42 Å². The van der Waals surface area contributed by atoms with E-state index in [4.69, 9.17) is 23.2 Å². The fourth-order valence-electron chi connectivity index (χ4n) is 5.69. The van der Waals surface area contributed by atoms with Crippen molar-refractivity contribution < 1.29 is 18.0 Å². The van der Waals surface area contributed by atoms with Crippen LogP contribution in [0.2, 0.25) is 10.0 Å². The van der Waals surface area contributed by atoms with Crippen LogP contribution >= 0.6 is 23.2 Å². The molecule has 2 atom stereocenters. The first-order valence-corrected chi connectivity index (χ1v) is 15.3. The third-order valence-electron chi connectivity index (χ3n) is 7.62. The minimum absolute atomic E-state index is 0.0539. The number of benzene rings is 2. The number of likely N-dealkylation sites (tertiary alicyclic amines) is 1.